The van der Waals surface area contributed by atoms with Gasteiger partial charge in [-0.3, -0.25) is 4.90 Å². The van der Waals surface area contributed by atoms with Gasteiger partial charge in [-0.1, -0.05) is 12.1 Å². The van der Waals surface area contributed by atoms with Crippen molar-refractivity contribution in [3.8, 4) is 0 Å². The summed E-state index contributed by atoms with van der Waals surface area (Å²) in [4.78, 5) is 3.37. The Kier molecular flexibility index (Phi) is 6.58. The van der Waals surface area contributed by atoms with E-state index < -0.39 is 6.10 Å². The maximum Gasteiger partial charge on any atom is 0.0900 e. The van der Waals surface area contributed by atoms with Gasteiger partial charge in [-0.25, -0.2) is 0 Å². The minimum absolute atomic E-state index is 0.385. The van der Waals surface area contributed by atoms with Crippen molar-refractivity contribution in [1.82, 2.24) is 4.90 Å². The second kappa shape index (κ2) is 7.71. The van der Waals surface area contributed by atoms with Crippen LogP contribution in [0.25, 0.3) is 0 Å². The Bertz CT molecular complexity index is 316. The van der Waals surface area contributed by atoms with Crippen molar-refractivity contribution >= 4 is 11.8 Å². The number of hydrogen-bond acceptors (Lipinski definition) is 4. The van der Waals surface area contributed by atoms with E-state index in [9.17, 15) is 5.11 Å². The molecule has 1 rings (SSSR count). The van der Waals surface area contributed by atoms with Crippen molar-refractivity contribution in [2.75, 3.05) is 33.6 Å². The van der Waals surface area contributed by atoms with Gasteiger partial charge in [0.2, 0.25) is 0 Å². The SMILES string of the molecule is COCC(O)CN(C)Cc1ccc(SC)cc1. The van der Waals surface area contributed by atoms with Gasteiger partial charge >= 0.3 is 0 Å². The van der Waals surface area contributed by atoms with Gasteiger partial charge in [0.15, 0.2) is 0 Å². The maximum absolute atomic E-state index is 9.61. The van der Waals surface area contributed by atoms with Crippen LogP contribution in [0.1, 0.15) is 5.56 Å². The molecule has 17 heavy (non-hydrogen) atoms. The van der Waals surface area contributed by atoms with Gasteiger partial charge in [-0.05, 0) is 31.0 Å². The first kappa shape index (κ1) is 14.5. The number of hydrogen-bond donors (Lipinski definition) is 1. The summed E-state index contributed by atoms with van der Waals surface area (Å²) in [6.45, 7) is 1.85. The summed E-state index contributed by atoms with van der Waals surface area (Å²) < 4.78 is 4.91. The van der Waals surface area contributed by atoms with Gasteiger partial charge < -0.3 is 9.84 Å². The number of thioether (sulfide) groups is 1. The Balaban J connectivity index is 2.41. The van der Waals surface area contributed by atoms with E-state index in [0.717, 1.165) is 6.54 Å². The first-order valence-electron chi connectivity index (χ1n) is 5.64. The summed E-state index contributed by atoms with van der Waals surface area (Å²) >= 11 is 1.74. The molecule has 0 saturated carbocycles. The number of aliphatic hydroxyl groups is 1. The lowest BCUT2D eigenvalue weighted by molar-refractivity contribution is 0.0419. The first-order chi connectivity index (χ1) is 8.15. The fraction of sp³-hybridized carbons (Fsp3) is 0.538. The van der Waals surface area contributed by atoms with Gasteiger partial charge in [0.25, 0.3) is 0 Å². The highest BCUT2D eigenvalue weighted by Crippen LogP contribution is 2.15. The zero-order valence-electron chi connectivity index (χ0n) is 10.7. The highest BCUT2D eigenvalue weighted by Gasteiger charge is 2.08. The van der Waals surface area contributed by atoms with Crippen molar-refractivity contribution in [3.05, 3.63) is 29.8 Å². The molecule has 0 saturated heterocycles. The topological polar surface area (TPSA) is 32.7 Å². The fourth-order valence-electron chi connectivity index (χ4n) is 1.71. The van der Waals surface area contributed by atoms with Crippen molar-refractivity contribution < 1.29 is 9.84 Å². The largest absolute Gasteiger partial charge is 0.389 e. The lowest BCUT2D eigenvalue weighted by Gasteiger charge is -2.20. The predicted molar refractivity (Wildman–Crippen MR) is 72.4 cm³/mol. The average molecular weight is 255 g/mol. The van der Waals surface area contributed by atoms with E-state index in [-0.39, 0.29) is 0 Å². The van der Waals surface area contributed by atoms with E-state index in [2.05, 4.69) is 35.4 Å². The Morgan fingerprint density at radius 2 is 2.00 bits per heavy atom. The second-order valence-electron chi connectivity index (χ2n) is 4.15. The summed E-state index contributed by atoms with van der Waals surface area (Å²) in [6.07, 6.45) is 1.65. The third-order valence-corrected chi connectivity index (χ3v) is 3.24. The summed E-state index contributed by atoms with van der Waals surface area (Å²) in [6, 6.07) is 8.51. The quantitative estimate of drug-likeness (QED) is 0.754. The molecule has 0 bridgehead atoms. The molecule has 0 radical (unpaired) electrons. The highest BCUT2D eigenvalue weighted by molar-refractivity contribution is 7.98. The molecule has 0 aromatic heterocycles. The van der Waals surface area contributed by atoms with Crippen LogP contribution in [0.4, 0.5) is 0 Å². The molecular weight excluding hydrogens is 234 g/mol. The van der Waals surface area contributed by atoms with Crippen molar-refractivity contribution in [3.63, 3.8) is 0 Å². The molecule has 0 heterocycles. The molecule has 1 aromatic carbocycles. The molecule has 96 valence electrons. The number of nitrogens with zero attached hydrogens (tertiary/aromatic N) is 1. The second-order valence-corrected chi connectivity index (χ2v) is 5.03. The number of benzene rings is 1. The van der Waals surface area contributed by atoms with Gasteiger partial charge in [0, 0.05) is 25.1 Å². The minimum atomic E-state index is -0.421. The number of methoxy groups -OCH3 is 1. The molecule has 0 amide bonds. The lowest BCUT2D eigenvalue weighted by atomic mass is 10.2. The van der Waals surface area contributed by atoms with Gasteiger partial charge in [-0.2, -0.15) is 0 Å². The lowest BCUT2D eigenvalue weighted by Crippen LogP contribution is -2.31. The van der Waals surface area contributed by atoms with E-state index in [0.29, 0.717) is 13.2 Å². The molecule has 0 aliphatic heterocycles. The van der Waals surface area contributed by atoms with E-state index >= 15 is 0 Å². The molecule has 0 aliphatic carbocycles. The van der Waals surface area contributed by atoms with Crippen LogP contribution in [0.15, 0.2) is 29.2 Å². The molecule has 4 heteroatoms. The predicted octanol–water partition coefficient (Wildman–Crippen LogP) is 1.85. The molecule has 1 aromatic rings. The third-order valence-electron chi connectivity index (χ3n) is 2.49. The standard InChI is InChI=1S/C13H21NO2S/c1-14(9-12(15)10-16-2)8-11-4-6-13(17-3)7-5-11/h4-7,12,15H,8-10H2,1-3H3. The van der Waals surface area contributed by atoms with Crippen molar-refractivity contribution in [2.24, 2.45) is 0 Å². The van der Waals surface area contributed by atoms with Gasteiger partial charge in [-0.15, -0.1) is 11.8 Å². The zero-order chi connectivity index (χ0) is 12.7. The van der Waals surface area contributed by atoms with Crippen LogP contribution in [0, 0.1) is 0 Å². The first-order valence-corrected chi connectivity index (χ1v) is 6.86. The summed E-state index contributed by atoms with van der Waals surface area (Å²) in [7, 11) is 3.60. The average Bonchev–Trinajstić information content (AvgIpc) is 2.30. The van der Waals surface area contributed by atoms with Crippen molar-refractivity contribution in [2.45, 2.75) is 17.5 Å². The van der Waals surface area contributed by atoms with Crippen molar-refractivity contribution in [1.29, 1.82) is 0 Å². The number of rotatable bonds is 7. The van der Waals surface area contributed by atoms with Crippen LogP contribution < -0.4 is 0 Å². The summed E-state index contributed by atoms with van der Waals surface area (Å²) in [5.41, 5.74) is 1.26. The van der Waals surface area contributed by atoms with Crippen LogP contribution in [0.2, 0.25) is 0 Å². The Labute approximate surface area is 108 Å². The van der Waals surface area contributed by atoms with Crippen LogP contribution in [-0.4, -0.2) is 49.7 Å². The number of ether oxygens (including phenoxy) is 1. The fourth-order valence-corrected chi connectivity index (χ4v) is 2.12. The Hall–Kier alpha value is -0.550. The third kappa shape index (κ3) is 5.55. The molecule has 0 aliphatic rings. The maximum atomic E-state index is 9.61. The van der Waals surface area contributed by atoms with E-state index in [1.54, 1.807) is 18.9 Å². The Morgan fingerprint density at radius 1 is 1.35 bits per heavy atom. The summed E-state index contributed by atoms with van der Waals surface area (Å²) in [5, 5.41) is 9.61. The van der Waals surface area contributed by atoms with Crippen LogP contribution in [-0.2, 0) is 11.3 Å². The highest BCUT2D eigenvalue weighted by atomic mass is 32.2. The van der Waals surface area contributed by atoms with E-state index in [1.165, 1.54) is 10.5 Å². The molecule has 1 atom stereocenters. The molecule has 1 N–H and O–H groups in total. The molecule has 3 nitrogen and oxygen atoms in total. The molecular formula is C13H21NO2S. The number of likely N-dealkylation sites (N-methyl/N-ethyl adjacent to an activating group) is 1. The monoisotopic (exact) mass is 255 g/mol. The molecule has 0 fully saturated rings. The van der Waals surface area contributed by atoms with Gasteiger partial charge in [0.1, 0.15) is 0 Å². The smallest absolute Gasteiger partial charge is 0.0900 e. The van der Waals surface area contributed by atoms with Gasteiger partial charge in [0.05, 0.1) is 12.7 Å². The summed E-state index contributed by atoms with van der Waals surface area (Å²) in [5.74, 6) is 0. The zero-order valence-corrected chi connectivity index (χ0v) is 11.5. The number of aliphatic hydroxyl groups excluding tert-OH is 1. The van der Waals surface area contributed by atoms with E-state index in [4.69, 9.17) is 4.74 Å². The normalized spacial score (nSPS) is 13.0. The van der Waals surface area contributed by atoms with Crippen LogP contribution in [0.3, 0.4) is 0 Å². The van der Waals surface area contributed by atoms with Crippen LogP contribution in [0.5, 0.6) is 0 Å². The molecule has 1 unspecified atom stereocenters. The molecule has 0 spiro atoms. The van der Waals surface area contributed by atoms with E-state index in [1.807, 2.05) is 7.05 Å². The minimum Gasteiger partial charge on any atom is -0.389 e. The Morgan fingerprint density at radius 3 is 2.53 bits per heavy atom. The van der Waals surface area contributed by atoms with Crippen LogP contribution >= 0.6 is 11.8 Å².